The van der Waals surface area contributed by atoms with Crippen LogP contribution in [0.3, 0.4) is 0 Å². The van der Waals surface area contributed by atoms with Crippen molar-refractivity contribution in [3.63, 3.8) is 0 Å². The minimum absolute atomic E-state index is 0. The van der Waals surface area contributed by atoms with Crippen LogP contribution in [-0.4, -0.2) is 0 Å². The highest BCUT2D eigenvalue weighted by molar-refractivity contribution is 5.25. The average Bonchev–Trinajstić information content (AvgIpc) is 2.63. The van der Waals surface area contributed by atoms with E-state index in [0.717, 1.165) is 19.4 Å². The summed E-state index contributed by atoms with van der Waals surface area (Å²) in [4.78, 5) is 0. The van der Waals surface area contributed by atoms with E-state index in [9.17, 15) is 0 Å². The molecule has 1 heterocycles. The summed E-state index contributed by atoms with van der Waals surface area (Å²) in [5, 5.41) is 0. The second-order valence-electron chi connectivity index (χ2n) is 6.04. The fourth-order valence-corrected chi connectivity index (χ4v) is 3.06. The molecule has 0 aliphatic rings. The first-order chi connectivity index (χ1) is 11.3. The van der Waals surface area contributed by atoms with Crippen LogP contribution in [0.25, 0.3) is 0 Å². The largest absolute Gasteiger partial charge is 1.00 e. The first-order valence-electron chi connectivity index (χ1n) is 8.42. The van der Waals surface area contributed by atoms with Gasteiger partial charge in [0.2, 0.25) is 0 Å². The second kappa shape index (κ2) is 9.39. The number of hydrogen-bond donors (Lipinski definition) is 0. The molecule has 0 amide bonds. The Hall–Kier alpha value is -1.93. The van der Waals surface area contributed by atoms with Gasteiger partial charge in [0.1, 0.15) is 6.54 Å². The van der Waals surface area contributed by atoms with Gasteiger partial charge in [-0.3, -0.25) is 0 Å². The molecule has 0 aliphatic heterocycles. The summed E-state index contributed by atoms with van der Waals surface area (Å²) in [6, 6.07) is 26.2. The van der Waals surface area contributed by atoms with Crippen molar-refractivity contribution >= 4 is 0 Å². The van der Waals surface area contributed by atoms with Crippen LogP contribution in [-0.2, 0) is 19.4 Å². The van der Waals surface area contributed by atoms with Crippen molar-refractivity contribution in [3.8, 4) is 0 Å². The van der Waals surface area contributed by atoms with Crippen molar-refractivity contribution in [2.75, 3.05) is 0 Å². The third-order valence-corrected chi connectivity index (χ3v) is 4.40. The molecule has 1 aromatic heterocycles. The van der Waals surface area contributed by atoms with Crippen molar-refractivity contribution in [2.24, 2.45) is 0 Å². The Morgan fingerprint density at radius 2 is 1.17 bits per heavy atom. The van der Waals surface area contributed by atoms with Gasteiger partial charge in [0.05, 0.1) is 0 Å². The molecule has 3 rings (SSSR count). The van der Waals surface area contributed by atoms with E-state index in [0.29, 0.717) is 5.92 Å². The van der Waals surface area contributed by atoms with Crippen LogP contribution in [0.4, 0.5) is 0 Å². The summed E-state index contributed by atoms with van der Waals surface area (Å²) >= 11 is 0. The van der Waals surface area contributed by atoms with Crippen LogP contribution < -0.4 is 21.5 Å². The van der Waals surface area contributed by atoms with E-state index >= 15 is 0 Å². The topological polar surface area (TPSA) is 3.88 Å². The van der Waals surface area contributed by atoms with Crippen LogP contribution in [0, 0.1) is 0 Å². The second-order valence-corrected chi connectivity index (χ2v) is 6.04. The number of pyridine rings is 1. The third kappa shape index (κ3) is 5.04. The number of aromatic nitrogens is 1. The predicted octanol–water partition coefficient (Wildman–Crippen LogP) is 1.57. The molecule has 0 radical (unpaired) electrons. The van der Waals surface area contributed by atoms with Crippen LogP contribution in [0.1, 0.15) is 29.5 Å². The standard InChI is InChI=1S/C22H24N.BrH/c1-2-23-15-13-21(14-16-23)22(17-19-9-5-3-6-10-19)18-20-11-7-4-8-12-20;/h3-16,22H,2,17-18H2,1H3;1H/q+1;/p-1. The molecule has 2 heteroatoms. The van der Waals surface area contributed by atoms with E-state index in [2.05, 4.69) is 96.7 Å². The van der Waals surface area contributed by atoms with Gasteiger partial charge >= 0.3 is 0 Å². The van der Waals surface area contributed by atoms with Gasteiger partial charge in [-0.15, -0.1) is 0 Å². The monoisotopic (exact) mass is 381 g/mol. The molecule has 0 spiro atoms. The zero-order valence-corrected chi connectivity index (χ0v) is 15.7. The highest BCUT2D eigenvalue weighted by Crippen LogP contribution is 2.24. The Morgan fingerprint density at radius 1 is 0.708 bits per heavy atom. The lowest BCUT2D eigenvalue weighted by Crippen LogP contribution is -3.00. The van der Waals surface area contributed by atoms with E-state index in [-0.39, 0.29) is 17.0 Å². The molecule has 3 aromatic rings. The summed E-state index contributed by atoms with van der Waals surface area (Å²) < 4.78 is 2.21. The van der Waals surface area contributed by atoms with Gasteiger partial charge in [0, 0.05) is 12.1 Å². The quantitative estimate of drug-likeness (QED) is 0.570. The highest BCUT2D eigenvalue weighted by atomic mass is 79.9. The molecule has 0 N–H and O–H groups in total. The first-order valence-corrected chi connectivity index (χ1v) is 8.42. The predicted molar refractivity (Wildman–Crippen MR) is 95.3 cm³/mol. The van der Waals surface area contributed by atoms with E-state index in [1.165, 1.54) is 16.7 Å². The fraction of sp³-hybridized carbons (Fsp3) is 0.227. The molecule has 124 valence electrons. The molecular formula is C22H24BrN. The minimum Gasteiger partial charge on any atom is -1.00 e. The Labute approximate surface area is 155 Å². The summed E-state index contributed by atoms with van der Waals surface area (Å²) in [6.45, 7) is 3.19. The average molecular weight is 382 g/mol. The maximum Gasteiger partial charge on any atom is 0.169 e. The maximum absolute atomic E-state index is 2.28. The van der Waals surface area contributed by atoms with Crippen molar-refractivity contribution < 1.29 is 21.5 Å². The molecule has 0 saturated carbocycles. The number of rotatable bonds is 6. The first kappa shape index (κ1) is 18.4. The number of nitrogens with zero attached hydrogens (tertiary/aromatic N) is 1. The van der Waals surface area contributed by atoms with Gasteiger partial charge in [-0.25, -0.2) is 4.57 Å². The van der Waals surface area contributed by atoms with Crippen LogP contribution in [0.2, 0.25) is 0 Å². The summed E-state index contributed by atoms with van der Waals surface area (Å²) in [5.41, 5.74) is 4.23. The normalized spacial score (nSPS) is 10.4. The maximum atomic E-state index is 2.28. The lowest BCUT2D eigenvalue weighted by Gasteiger charge is -2.17. The Balaban J connectivity index is 0.00000208. The summed E-state index contributed by atoms with van der Waals surface area (Å²) in [6.07, 6.45) is 6.54. The fourth-order valence-electron chi connectivity index (χ4n) is 3.06. The van der Waals surface area contributed by atoms with Gasteiger partial charge in [-0.1, -0.05) is 60.7 Å². The zero-order valence-electron chi connectivity index (χ0n) is 14.1. The van der Waals surface area contributed by atoms with Gasteiger partial charge < -0.3 is 17.0 Å². The van der Waals surface area contributed by atoms with E-state index in [1.807, 2.05) is 0 Å². The molecule has 0 unspecified atom stereocenters. The van der Waals surface area contributed by atoms with E-state index in [4.69, 9.17) is 0 Å². The van der Waals surface area contributed by atoms with Gasteiger partial charge in [-0.2, -0.15) is 0 Å². The Kier molecular flexibility index (Phi) is 7.20. The Bertz CT molecular complexity index is 666. The molecule has 24 heavy (non-hydrogen) atoms. The van der Waals surface area contributed by atoms with Crippen LogP contribution in [0.15, 0.2) is 85.2 Å². The zero-order chi connectivity index (χ0) is 15.9. The summed E-state index contributed by atoms with van der Waals surface area (Å²) in [5.74, 6) is 0.506. The van der Waals surface area contributed by atoms with Crippen molar-refractivity contribution in [2.45, 2.75) is 32.2 Å². The number of aryl methyl sites for hydroxylation is 1. The van der Waals surface area contributed by atoms with Gasteiger partial charge in [0.25, 0.3) is 0 Å². The lowest BCUT2D eigenvalue weighted by atomic mass is 9.87. The highest BCUT2D eigenvalue weighted by Gasteiger charge is 2.14. The number of benzene rings is 2. The molecule has 2 aromatic carbocycles. The molecular weight excluding hydrogens is 358 g/mol. The van der Waals surface area contributed by atoms with Crippen LogP contribution in [0.5, 0.6) is 0 Å². The summed E-state index contributed by atoms with van der Waals surface area (Å²) in [7, 11) is 0. The molecule has 0 saturated heterocycles. The molecule has 0 fully saturated rings. The molecule has 0 bridgehead atoms. The number of hydrogen-bond acceptors (Lipinski definition) is 0. The minimum atomic E-state index is 0. The third-order valence-electron chi connectivity index (χ3n) is 4.40. The van der Waals surface area contributed by atoms with Gasteiger partial charge in [0.15, 0.2) is 12.4 Å². The molecule has 1 nitrogen and oxygen atoms in total. The smallest absolute Gasteiger partial charge is 0.169 e. The van der Waals surface area contributed by atoms with Crippen LogP contribution >= 0.6 is 0 Å². The number of halogens is 1. The Morgan fingerprint density at radius 3 is 1.58 bits per heavy atom. The van der Waals surface area contributed by atoms with Crippen molar-refractivity contribution in [1.29, 1.82) is 0 Å². The SMILES string of the molecule is CC[n+]1ccc(C(Cc2ccccc2)Cc2ccccc2)cc1.[Br-]. The molecule has 0 aliphatic carbocycles. The van der Waals surface area contributed by atoms with Gasteiger partial charge in [-0.05, 0) is 42.4 Å². The lowest BCUT2D eigenvalue weighted by molar-refractivity contribution is -0.693. The van der Waals surface area contributed by atoms with Crippen molar-refractivity contribution in [1.82, 2.24) is 0 Å². The van der Waals surface area contributed by atoms with Crippen molar-refractivity contribution in [3.05, 3.63) is 102 Å². The van der Waals surface area contributed by atoms with E-state index < -0.39 is 0 Å². The molecule has 0 atom stereocenters. The van der Waals surface area contributed by atoms with E-state index in [1.54, 1.807) is 0 Å².